The molecule has 0 aliphatic carbocycles. The number of carbonyl (C=O) groups is 1. The van der Waals surface area contributed by atoms with Gasteiger partial charge in [-0.15, -0.1) is 0 Å². The van der Waals surface area contributed by atoms with Crippen LogP contribution < -0.4 is 10.5 Å². The molecule has 3 nitrogen and oxygen atoms in total. The molecule has 2 aromatic rings. The summed E-state index contributed by atoms with van der Waals surface area (Å²) >= 11 is 0. The summed E-state index contributed by atoms with van der Waals surface area (Å²) in [6.07, 6.45) is 0. The van der Waals surface area contributed by atoms with E-state index >= 15 is 0 Å². The van der Waals surface area contributed by atoms with Crippen molar-refractivity contribution in [3.05, 3.63) is 42.0 Å². The first-order chi connectivity index (χ1) is 7.74. The number of nitrogens with two attached hydrogens (primary N) is 1. The Morgan fingerprint density at radius 1 is 1.19 bits per heavy atom. The van der Waals surface area contributed by atoms with Gasteiger partial charge in [-0.3, -0.25) is 4.79 Å². The monoisotopic (exact) mass is 215 g/mol. The van der Waals surface area contributed by atoms with Crippen molar-refractivity contribution in [2.24, 2.45) is 5.73 Å². The Hall–Kier alpha value is -1.87. The zero-order valence-electron chi connectivity index (χ0n) is 9.07. The minimum absolute atomic E-state index is 0.0433. The molecule has 0 bridgehead atoms. The van der Waals surface area contributed by atoms with Gasteiger partial charge in [0.2, 0.25) is 0 Å². The molecule has 2 aromatic carbocycles. The molecule has 0 aromatic heterocycles. The van der Waals surface area contributed by atoms with Crippen LogP contribution in [0.4, 0.5) is 0 Å². The lowest BCUT2D eigenvalue weighted by Crippen LogP contribution is -2.13. The number of rotatable bonds is 3. The summed E-state index contributed by atoms with van der Waals surface area (Å²) in [5.74, 6) is 0.767. The van der Waals surface area contributed by atoms with Gasteiger partial charge >= 0.3 is 0 Å². The lowest BCUT2D eigenvalue weighted by molar-refractivity contribution is 0.100. The third-order valence-corrected chi connectivity index (χ3v) is 2.55. The smallest absolute Gasteiger partial charge is 0.176 e. The number of ether oxygens (including phenoxy) is 1. The zero-order chi connectivity index (χ0) is 11.5. The largest absolute Gasteiger partial charge is 0.497 e. The highest BCUT2D eigenvalue weighted by atomic mass is 16.5. The van der Waals surface area contributed by atoms with E-state index in [0.29, 0.717) is 5.56 Å². The van der Waals surface area contributed by atoms with E-state index in [1.54, 1.807) is 13.2 Å². The quantitative estimate of drug-likeness (QED) is 0.796. The molecule has 0 saturated heterocycles. The van der Waals surface area contributed by atoms with Gasteiger partial charge in [0, 0.05) is 5.56 Å². The van der Waals surface area contributed by atoms with Gasteiger partial charge in [0.25, 0.3) is 0 Å². The fraction of sp³-hybridized carbons (Fsp3) is 0.154. The highest BCUT2D eigenvalue weighted by Crippen LogP contribution is 2.21. The van der Waals surface area contributed by atoms with E-state index in [1.807, 2.05) is 30.3 Å². The predicted octanol–water partition coefficient (Wildman–Crippen LogP) is 1.99. The van der Waals surface area contributed by atoms with E-state index in [2.05, 4.69) is 0 Å². The van der Waals surface area contributed by atoms with Crippen molar-refractivity contribution in [2.75, 3.05) is 13.7 Å². The average Bonchev–Trinajstić information content (AvgIpc) is 2.36. The van der Waals surface area contributed by atoms with Crippen LogP contribution in [0.15, 0.2) is 36.4 Å². The Labute approximate surface area is 93.8 Å². The molecule has 0 spiro atoms. The second kappa shape index (κ2) is 4.33. The topological polar surface area (TPSA) is 52.3 Å². The van der Waals surface area contributed by atoms with Crippen LogP contribution in [0.3, 0.4) is 0 Å². The molecule has 2 N–H and O–H groups in total. The number of benzene rings is 2. The third-order valence-electron chi connectivity index (χ3n) is 2.55. The molecule has 0 heterocycles. The molecule has 0 radical (unpaired) electrons. The second-order valence-corrected chi connectivity index (χ2v) is 3.56. The van der Waals surface area contributed by atoms with Crippen LogP contribution >= 0.6 is 0 Å². The summed E-state index contributed by atoms with van der Waals surface area (Å²) in [4.78, 5) is 11.4. The molecule has 0 aliphatic rings. The van der Waals surface area contributed by atoms with E-state index in [4.69, 9.17) is 10.5 Å². The van der Waals surface area contributed by atoms with Gasteiger partial charge in [0.1, 0.15) is 5.75 Å². The summed E-state index contributed by atoms with van der Waals surface area (Å²) < 4.78 is 5.13. The Bertz CT molecular complexity index is 534. The highest BCUT2D eigenvalue weighted by molar-refractivity contribution is 6.01. The Morgan fingerprint density at radius 2 is 1.88 bits per heavy atom. The standard InChI is InChI=1S/C13H13NO2/c1-16-12-5-4-9-6-11(13(15)8-14)3-2-10(9)7-12/h2-7H,8,14H2,1H3. The minimum Gasteiger partial charge on any atom is -0.497 e. The number of hydrogen-bond acceptors (Lipinski definition) is 3. The second-order valence-electron chi connectivity index (χ2n) is 3.56. The number of methoxy groups -OCH3 is 1. The molecule has 3 heteroatoms. The molecule has 16 heavy (non-hydrogen) atoms. The molecule has 0 atom stereocenters. The normalized spacial score (nSPS) is 10.4. The summed E-state index contributed by atoms with van der Waals surface area (Å²) in [7, 11) is 1.63. The Balaban J connectivity index is 2.51. The Kier molecular flexibility index (Phi) is 2.88. The molecule has 0 amide bonds. The van der Waals surface area contributed by atoms with Crippen molar-refractivity contribution in [3.8, 4) is 5.75 Å². The van der Waals surface area contributed by atoms with Gasteiger partial charge in [-0.25, -0.2) is 0 Å². The highest BCUT2D eigenvalue weighted by Gasteiger charge is 2.04. The van der Waals surface area contributed by atoms with Gasteiger partial charge in [0.05, 0.1) is 13.7 Å². The van der Waals surface area contributed by atoms with Crippen molar-refractivity contribution < 1.29 is 9.53 Å². The first kappa shape index (κ1) is 10.6. The fourth-order valence-corrected chi connectivity index (χ4v) is 1.64. The molecule has 0 aliphatic heterocycles. The average molecular weight is 215 g/mol. The summed E-state index contributed by atoms with van der Waals surface area (Å²) in [5, 5.41) is 2.06. The van der Waals surface area contributed by atoms with Crippen LogP contribution in [0.1, 0.15) is 10.4 Å². The van der Waals surface area contributed by atoms with Crippen molar-refractivity contribution in [1.82, 2.24) is 0 Å². The molecular formula is C13H13NO2. The van der Waals surface area contributed by atoms with Gasteiger partial charge in [-0.05, 0) is 29.0 Å². The van der Waals surface area contributed by atoms with Crippen LogP contribution in [0, 0.1) is 0 Å². The molecule has 2 rings (SSSR count). The minimum atomic E-state index is -0.0438. The van der Waals surface area contributed by atoms with Gasteiger partial charge in [-0.1, -0.05) is 18.2 Å². The molecule has 0 saturated carbocycles. The number of fused-ring (bicyclic) bond motifs is 1. The van der Waals surface area contributed by atoms with Crippen LogP contribution in [0.25, 0.3) is 10.8 Å². The SMILES string of the molecule is COc1ccc2cc(C(=O)CN)ccc2c1. The number of ketones is 1. The lowest BCUT2D eigenvalue weighted by atomic mass is 10.0. The number of Topliss-reactive ketones (excluding diaryl/α,β-unsaturated/α-hetero) is 1. The maximum Gasteiger partial charge on any atom is 0.176 e. The maximum atomic E-state index is 11.4. The van der Waals surface area contributed by atoms with Crippen molar-refractivity contribution >= 4 is 16.6 Å². The summed E-state index contributed by atoms with van der Waals surface area (Å²) in [6, 6.07) is 11.3. The molecular weight excluding hydrogens is 202 g/mol. The molecule has 0 fully saturated rings. The number of hydrogen-bond donors (Lipinski definition) is 1. The van der Waals surface area contributed by atoms with Crippen LogP contribution in [0.2, 0.25) is 0 Å². The van der Waals surface area contributed by atoms with Crippen LogP contribution in [-0.2, 0) is 0 Å². The van der Waals surface area contributed by atoms with Crippen molar-refractivity contribution in [1.29, 1.82) is 0 Å². The van der Waals surface area contributed by atoms with E-state index < -0.39 is 0 Å². The van der Waals surface area contributed by atoms with Crippen molar-refractivity contribution in [2.45, 2.75) is 0 Å². The van der Waals surface area contributed by atoms with E-state index in [1.165, 1.54) is 0 Å². The fourth-order valence-electron chi connectivity index (χ4n) is 1.64. The summed E-state index contributed by atoms with van der Waals surface area (Å²) in [6.45, 7) is 0.0433. The number of carbonyl (C=O) groups excluding carboxylic acids is 1. The van der Waals surface area contributed by atoms with Crippen LogP contribution in [-0.4, -0.2) is 19.4 Å². The Morgan fingerprint density at radius 3 is 2.56 bits per heavy atom. The lowest BCUT2D eigenvalue weighted by Gasteiger charge is -2.04. The third kappa shape index (κ3) is 1.90. The summed E-state index contributed by atoms with van der Waals surface area (Å²) in [5.41, 5.74) is 5.98. The van der Waals surface area contributed by atoms with Crippen LogP contribution in [0.5, 0.6) is 5.75 Å². The van der Waals surface area contributed by atoms with E-state index in [-0.39, 0.29) is 12.3 Å². The van der Waals surface area contributed by atoms with E-state index in [9.17, 15) is 4.79 Å². The molecule has 82 valence electrons. The first-order valence-corrected chi connectivity index (χ1v) is 5.05. The van der Waals surface area contributed by atoms with Gasteiger partial charge in [0.15, 0.2) is 5.78 Å². The predicted molar refractivity (Wildman–Crippen MR) is 63.9 cm³/mol. The van der Waals surface area contributed by atoms with Gasteiger partial charge < -0.3 is 10.5 Å². The zero-order valence-corrected chi connectivity index (χ0v) is 9.07. The van der Waals surface area contributed by atoms with Crippen molar-refractivity contribution in [3.63, 3.8) is 0 Å². The first-order valence-electron chi connectivity index (χ1n) is 5.05. The van der Waals surface area contributed by atoms with E-state index in [0.717, 1.165) is 16.5 Å². The maximum absolute atomic E-state index is 11.4. The van der Waals surface area contributed by atoms with Gasteiger partial charge in [-0.2, -0.15) is 0 Å². The molecule has 0 unspecified atom stereocenters.